The Morgan fingerprint density at radius 2 is 1.88 bits per heavy atom. The number of para-hydroxylation sites is 1. The third-order valence-corrected chi connectivity index (χ3v) is 4.65. The summed E-state index contributed by atoms with van der Waals surface area (Å²) in [5.41, 5.74) is 1.13. The zero-order chi connectivity index (χ0) is 17.9. The molecule has 25 heavy (non-hydrogen) atoms. The minimum atomic E-state index is 0.699. The standard InChI is InChI=1S/C19H33N5O/c1-20-19(22-16-17-8-4-5-9-18(17)25-3)21-10-6-7-11-24-14-12-23(2)13-15-24/h4-5,8-9H,6-7,10-16H2,1-3H3,(H2,20,21,22). The highest BCUT2D eigenvalue weighted by Crippen LogP contribution is 2.16. The number of guanidine groups is 1. The van der Waals surface area contributed by atoms with Gasteiger partial charge < -0.3 is 25.2 Å². The molecule has 0 aromatic heterocycles. The number of piperazine rings is 1. The Morgan fingerprint density at radius 1 is 1.12 bits per heavy atom. The van der Waals surface area contributed by atoms with Gasteiger partial charge in [0.05, 0.1) is 7.11 Å². The molecule has 0 spiro atoms. The average Bonchev–Trinajstić information content (AvgIpc) is 2.65. The van der Waals surface area contributed by atoms with E-state index in [0.717, 1.165) is 30.2 Å². The lowest BCUT2D eigenvalue weighted by Gasteiger charge is -2.32. The predicted molar refractivity (Wildman–Crippen MR) is 104 cm³/mol. The van der Waals surface area contributed by atoms with Crippen molar-refractivity contribution in [2.75, 3.05) is 60.5 Å². The molecule has 1 aromatic rings. The van der Waals surface area contributed by atoms with Crippen molar-refractivity contribution in [1.29, 1.82) is 0 Å². The van der Waals surface area contributed by atoms with Crippen molar-refractivity contribution in [2.45, 2.75) is 19.4 Å². The first-order chi connectivity index (χ1) is 12.2. The van der Waals surface area contributed by atoms with Crippen molar-refractivity contribution in [3.8, 4) is 5.75 Å². The van der Waals surface area contributed by atoms with Gasteiger partial charge in [-0.05, 0) is 32.5 Å². The summed E-state index contributed by atoms with van der Waals surface area (Å²) in [6, 6.07) is 8.05. The summed E-state index contributed by atoms with van der Waals surface area (Å²) >= 11 is 0. The second-order valence-electron chi connectivity index (χ2n) is 6.52. The number of hydrogen-bond donors (Lipinski definition) is 2. The third kappa shape index (κ3) is 6.92. The summed E-state index contributed by atoms with van der Waals surface area (Å²) in [5.74, 6) is 1.74. The van der Waals surface area contributed by atoms with Gasteiger partial charge in [0.25, 0.3) is 0 Å². The zero-order valence-corrected chi connectivity index (χ0v) is 15.9. The third-order valence-electron chi connectivity index (χ3n) is 4.65. The second-order valence-corrected chi connectivity index (χ2v) is 6.52. The van der Waals surface area contributed by atoms with Gasteiger partial charge >= 0.3 is 0 Å². The number of ether oxygens (including phenoxy) is 1. The largest absolute Gasteiger partial charge is 0.496 e. The SMILES string of the molecule is CN=C(NCCCCN1CCN(C)CC1)NCc1ccccc1OC. The molecule has 6 nitrogen and oxygen atoms in total. The van der Waals surface area contributed by atoms with E-state index >= 15 is 0 Å². The van der Waals surface area contributed by atoms with E-state index in [9.17, 15) is 0 Å². The first-order valence-electron chi connectivity index (χ1n) is 9.20. The van der Waals surface area contributed by atoms with Crippen LogP contribution in [0.5, 0.6) is 5.75 Å². The average molecular weight is 348 g/mol. The van der Waals surface area contributed by atoms with Gasteiger partial charge in [-0.15, -0.1) is 0 Å². The number of benzene rings is 1. The summed E-state index contributed by atoms with van der Waals surface area (Å²) in [4.78, 5) is 9.25. The Balaban J connectivity index is 1.60. The van der Waals surface area contributed by atoms with Gasteiger partial charge in [0.2, 0.25) is 0 Å². The minimum Gasteiger partial charge on any atom is -0.496 e. The van der Waals surface area contributed by atoms with Crippen LogP contribution in [0.2, 0.25) is 0 Å². The van der Waals surface area contributed by atoms with Gasteiger partial charge in [0, 0.05) is 51.9 Å². The van der Waals surface area contributed by atoms with Gasteiger partial charge in [0.1, 0.15) is 5.75 Å². The van der Waals surface area contributed by atoms with E-state index in [1.54, 1.807) is 7.11 Å². The minimum absolute atomic E-state index is 0.699. The van der Waals surface area contributed by atoms with Gasteiger partial charge in [-0.1, -0.05) is 18.2 Å². The molecule has 1 aliphatic rings. The number of rotatable bonds is 8. The number of likely N-dealkylation sites (N-methyl/N-ethyl adjacent to an activating group) is 1. The van der Waals surface area contributed by atoms with Crippen LogP contribution in [0.1, 0.15) is 18.4 Å². The maximum absolute atomic E-state index is 5.38. The van der Waals surface area contributed by atoms with E-state index in [4.69, 9.17) is 4.74 Å². The Kier molecular flexibility index (Phi) is 8.55. The van der Waals surface area contributed by atoms with E-state index in [0.29, 0.717) is 6.54 Å². The molecule has 2 N–H and O–H groups in total. The van der Waals surface area contributed by atoms with Crippen LogP contribution in [0.4, 0.5) is 0 Å². The molecular formula is C19H33N5O. The molecule has 0 aliphatic carbocycles. The van der Waals surface area contributed by atoms with Crippen LogP contribution < -0.4 is 15.4 Å². The fourth-order valence-electron chi connectivity index (χ4n) is 2.99. The molecular weight excluding hydrogens is 314 g/mol. The van der Waals surface area contributed by atoms with Crippen LogP contribution in [0.3, 0.4) is 0 Å². The molecule has 1 fully saturated rings. The molecule has 0 radical (unpaired) electrons. The highest BCUT2D eigenvalue weighted by atomic mass is 16.5. The maximum Gasteiger partial charge on any atom is 0.191 e. The first kappa shape index (κ1) is 19.5. The Morgan fingerprint density at radius 3 is 2.60 bits per heavy atom. The molecule has 2 rings (SSSR count). The van der Waals surface area contributed by atoms with Crippen molar-refractivity contribution in [2.24, 2.45) is 4.99 Å². The van der Waals surface area contributed by atoms with Gasteiger partial charge in [-0.2, -0.15) is 0 Å². The predicted octanol–water partition coefficient (Wildman–Crippen LogP) is 1.39. The molecule has 0 amide bonds. The highest BCUT2D eigenvalue weighted by Gasteiger charge is 2.12. The van der Waals surface area contributed by atoms with E-state index < -0.39 is 0 Å². The van der Waals surface area contributed by atoms with E-state index in [-0.39, 0.29) is 0 Å². The van der Waals surface area contributed by atoms with Crippen molar-refractivity contribution in [3.63, 3.8) is 0 Å². The fraction of sp³-hybridized carbons (Fsp3) is 0.632. The Bertz CT molecular complexity index is 526. The Hall–Kier alpha value is -1.79. The zero-order valence-electron chi connectivity index (χ0n) is 15.9. The van der Waals surface area contributed by atoms with Crippen LogP contribution >= 0.6 is 0 Å². The van der Waals surface area contributed by atoms with Crippen molar-refractivity contribution in [1.82, 2.24) is 20.4 Å². The van der Waals surface area contributed by atoms with E-state index in [2.05, 4.69) is 38.5 Å². The fourth-order valence-corrected chi connectivity index (χ4v) is 2.99. The monoisotopic (exact) mass is 347 g/mol. The quantitative estimate of drug-likeness (QED) is 0.423. The van der Waals surface area contributed by atoms with Crippen molar-refractivity contribution < 1.29 is 4.74 Å². The lowest BCUT2D eigenvalue weighted by atomic mass is 10.2. The molecule has 0 atom stereocenters. The molecule has 6 heteroatoms. The molecule has 140 valence electrons. The normalized spacial score (nSPS) is 16.7. The Labute approximate surface area is 152 Å². The lowest BCUT2D eigenvalue weighted by Crippen LogP contribution is -2.44. The van der Waals surface area contributed by atoms with Crippen LogP contribution in [-0.2, 0) is 6.54 Å². The number of nitrogens with zero attached hydrogens (tertiary/aromatic N) is 3. The van der Waals surface area contributed by atoms with Crippen LogP contribution in [-0.4, -0.2) is 76.2 Å². The summed E-state index contributed by atoms with van der Waals surface area (Å²) < 4.78 is 5.38. The number of aliphatic imine (C=N–C) groups is 1. The van der Waals surface area contributed by atoms with Gasteiger partial charge in [0.15, 0.2) is 5.96 Å². The summed E-state index contributed by atoms with van der Waals surface area (Å²) in [7, 11) is 5.71. The topological polar surface area (TPSA) is 52.1 Å². The van der Waals surface area contributed by atoms with Crippen molar-refractivity contribution >= 4 is 5.96 Å². The molecule has 0 bridgehead atoms. The van der Waals surface area contributed by atoms with Crippen LogP contribution in [0, 0.1) is 0 Å². The smallest absolute Gasteiger partial charge is 0.191 e. The first-order valence-corrected chi connectivity index (χ1v) is 9.20. The molecule has 1 saturated heterocycles. The second kappa shape index (κ2) is 10.9. The molecule has 0 unspecified atom stereocenters. The number of nitrogens with one attached hydrogen (secondary N) is 2. The number of hydrogen-bond acceptors (Lipinski definition) is 4. The number of methoxy groups -OCH3 is 1. The molecule has 1 heterocycles. The van der Waals surface area contributed by atoms with Gasteiger partial charge in [-0.3, -0.25) is 4.99 Å². The number of unbranched alkanes of at least 4 members (excludes halogenated alkanes) is 1. The van der Waals surface area contributed by atoms with Crippen LogP contribution in [0.25, 0.3) is 0 Å². The summed E-state index contributed by atoms with van der Waals surface area (Å²) in [5, 5.41) is 6.74. The maximum atomic E-state index is 5.38. The van der Waals surface area contributed by atoms with E-state index in [1.165, 1.54) is 39.1 Å². The lowest BCUT2D eigenvalue weighted by molar-refractivity contribution is 0.152. The molecule has 1 aromatic carbocycles. The molecule has 1 aliphatic heterocycles. The van der Waals surface area contributed by atoms with E-state index in [1.807, 2.05) is 25.2 Å². The van der Waals surface area contributed by atoms with Crippen LogP contribution in [0.15, 0.2) is 29.3 Å². The molecule has 0 saturated carbocycles. The summed E-state index contributed by atoms with van der Waals surface area (Å²) in [6.07, 6.45) is 2.38. The van der Waals surface area contributed by atoms with Gasteiger partial charge in [-0.25, -0.2) is 0 Å². The highest BCUT2D eigenvalue weighted by molar-refractivity contribution is 5.79. The van der Waals surface area contributed by atoms with Crippen molar-refractivity contribution in [3.05, 3.63) is 29.8 Å². The summed E-state index contributed by atoms with van der Waals surface area (Å²) in [6.45, 7) is 7.63.